The van der Waals surface area contributed by atoms with Crippen molar-refractivity contribution in [2.45, 2.75) is 32.3 Å². The first-order chi connectivity index (χ1) is 8.63. The first-order valence-corrected chi connectivity index (χ1v) is 6.77. The number of nitrogens with zero attached hydrogens (tertiary/aromatic N) is 2. The minimum Gasteiger partial charge on any atom is -0.377 e. The molecule has 3 nitrogen and oxygen atoms in total. The van der Waals surface area contributed by atoms with Crippen molar-refractivity contribution in [1.82, 2.24) is 0 Å². The number of aliphatic hydroxyl groups is 1. The van der Waals surface area contributed by atoms with Gasteiger partial charge in [0.2, 0.25) is 0 Å². The van der Waals surface area contributed by atoms with E-state index in [1.54, 1.807) is 0 Å². The lowest BCUT2D eigenvalue weighted by Gasteiger charge is -2.31. The molecule has 4 heteroatoms. The molecule has 3 rings (SSSR count). The van der Waals surface area contributed by atoms with Crippen molar-refractivity contribution in [1.29, 1.82) is 0 Å². The molecular weight excluding hydrogens is 260 g/mol. The molecule has 0 fully saturated rings. The molecule has 0 amide bonds. The molecule has 0 bridgehead atoms. The predicted octanol–water partition coefficient (Wildman–Crippen LogP) is 2.96. The van der Waals surface area contributed by atoms with Gasteiger partial charge in [-0.3, -0.25) is 4.99 Å². The van der Waals surface area contributed by atoms with Gasteiger partial charge >= 0.3 is 0 Å². The number of hydrogen-bond donors (Lipinski definition) is 1. The molecule has 1 atom stereocenters. The van der Waals surface area contributed by atoms with Crippen molar-refractivity contribution in [3.63, 3.8) is 0 Å². The van der Waals surface area contributed by atoms with Gasteiger partial charge in [-0.2, -0.15) is 0 Å². The van der Waals surface area contributed by atoms with Crippen molar-refractivity contribution in [3.8, 4) is 0 Å². The highest BCUT2D eigenvalue weighted by molar-refractivity contribution is 6.10. The molecule has 0 spiro atoms. The van der Waals surface area contributed by atoms with Crippen LogP contribution in [0.4, 0.5) is 5.69 Å². The average Bonchev–Trinajstić information content (AvgIpc) is 2.61. The van der Waals surface area contributed by atoms with E-state index in [1.165, 1.54) is 0 Å². The van der Waals surface area contributed by atoms with Crippen molar-refractivity contribution >= 4 is 23.9 Å². The number of rotatable bonds is 2. The Balaban J connectivity index is 0.00000133. The molecule has 1 unspecified atom stereocenters. The van der Waals surface area contributed by atoms with Crippen molar-refractivity contribution in [2.24, 2.45) is 10.9 Å². The summed E-state index contributed by atoms with van der Waals surface area (Å²) in [7, 11) is 0. The fraction of sp³-hybridized carbons (Fsp3) is 0.533. The summed E-state index contributed by atoms with van der Waals surface area (Å²) >= 11 is 0. The van der Waals surface area contributed by atoms with Crippen molar-refractivity contribution < 1.29 is 5.11 Å². The van der Waals surface area contributed by atoms with E-state index in [-0.39, 0.29) is 12.4 Å². The Bertz CT molecular complexity index is 501. The quantitative estimate of drug-likeness (QED) is 0.904. The number of amidine groups is 1. The highest BCUT2D eigenvalue weighted by Crippen LogP contribution is 2.45. The van der Waals surface area contributed by atoms with Crippen LogP contribution in [-0.2, 0) is 5.60 Å². The molecule has 1 aromatic rings. The Kier molecular flexibility index (Phi) is 3.88. The molecule has 0 saturated carbocycles. The van der Waals surface area contributed by atoms with Gasteiger partial charge in [-0.1, -0.05) is 32.0 Å². The van der Waals surface area contributed by atoms with Crippen LogP contribution < -0.4 is 4.90 Å². The normalized spacial score (nSPS) is 24.6. The largest absolute Gasteiger partial charge is 0.377 e. The van der Waals surface area contributed by atoms with E-state index >= 15 is 0 Å². The van der Waals surface area contributed by atoms with Gasteiger partial charge in [0.25, 0.3) is 0 Å². The molecule has 1 aromatic carbocycles. The Labute approximate surface area is 120 Å². The van der Waals surface area contributed by atoms with Crippen LogP contribution in [-0.4, -0.2) is 24.0 Å². The van der Waals surface area contributed by atoms with Gasteiger partial charge in [-0.15, -0.1) is 12.4 Å². The number of benzene rings is 1. The van der Waals surface area contributed by atoms with Gasteiger partial charge < -0.3 is 10.0 Å². The Morgan fingerprint density at radius 2 is 2.11 bits per heavy atom. The lowest BCUT2D eigenvalue weighted by molar-refractivity contribution is 0.0893. The van der Waals surface area contributed by atoms with Crippen molar-refractivity contribution in [3.05, 3.63) is 29.8 Å². The maximum Gasteiger partial charge on any atom is 0.149 e. The van der Waals surface area contributed by atoms with E-state index in [0.29, 0.717) is 5.92 Å². The minimum absolute atomic E-state index is 0. The van der Waals surface area contributed by atoms with Crippen LogP contribution in [0.1, 0.15) is 32.3 Å². The van der Waals surface area contributed by atoms with Crippen LogP contribution in [0.3, 0.4) is 0 Å². The third-order valence-corrected chi connectivity index (χ3v) is 3.77. The van der Waals surface area contributed by atoms with Gasteiger partial charge in [0.05, 0.1) is 0 Å². The molecule has 0 saturated heterocycles. The third-order valence-electron chi connectivity index (χ3n) is 3.77. The molecule has 104 valence electrons. The van der Waals surface area contributed by atoms with Crippen LogP contribution >= 0.6 is 12.4 Å². The fourth-order valence-corrected chi connectivity index (χ4v) is 3.16. The highest BCUT2D eigenvalue weighted by Gasteiger charge is 2.47. The number of fused-ring (bicyclic) bond motifs is 3. The van der Waals surface area contributed by atoms with Crippen LogP contribution in [0, 0.1) is 5.92 Å². The highest BCUT2D eigenvalue weighted by atomic mass is 35.5. The molecule has 2 heterocycles. The first-order valence-electron chi connectivity index (χ1n) is 6.77. The Morgan fingerprint density at radius 1 is 1.37 bits per heavy atom. The van der Waals surface area contributed by atoms with E-state index < -0.39 is 5.60 Å². The number of aliphatic imine (C=N–C) groups is 1. The zero-order chi connectivity index (χ0) is 12.8. The number of para-hydroxylation sites is 1. The molecule has 0 aliphatic carbocycles. The Hall–Kier alpha value is -1.06. The monoisotopic (exact) mass is 280 g/mol. The van der Waals surface area contributed by atoms with E-state index in [2.05, 4.69) is 29.8 Å². The van der Waals surface area contributed by atoms with Gasteiger partial charge in [0.1, 0.15) is 11.4 Å². The minimum atomic E-state index is -0.884. The summed E-state index contributed by atoms with van der Waals surface area (Å²) in [5, 5.41) is 11.1. The van der Waals surface area contributed by atoms with Crippen molar-refractivity contribution in [2.75, 3.05) is 18.0 Å². The van der Waals surface area contributed by atoms with Crippen LogP contribution in [0.25, 0.3) is 0 Å². The summed E-state index contributed by atoms with van der Waals surface area (Å²) in [4.78, 5) is 6.80. The molecule has 0 aromatic heterocycles. The maximum absolute atomic E-state index is 11.1. The molecule has 0 radical (unpaired) electrons. The lowest BCUT2D eigenvalue weighted by atomic mass is 9.86. The number of hydrogen-bond acceptors (Lipinski definition) is 3. The van der Waals surface area contributed by atoms with Gasteiger partial charge in [-0.05, 0) is 24.8 Å². The fourth-order valence-electron chi connectivity index (χ4n) is 3.16. The standard InChI is InChI=1S/C15H20N2O.ClH/c1-11(2)10-15(18)12-6-3-4-7-13(12)17-9-5-8-16-14(15)17;/h3-4,6-7,11,18H,5,8-10H2,1-2H3;1H. The second-order valence-electron chi connectivity index (χ2n) is 5.69. The number of anilines is 1. The van der Waals surface area contributed by atoms with Crippen LogP contribution in [0.2, 0.25) is 0 Å². The third kappa shape index (κ3) is 2.15. The van der Waals surface area contributed by atoms with Crippen LogP contribution in [0.5, 0.6) is 0 Å². The zero-order valence-corrected chi connectivity index (χ0v) is 12.3. The summed E-state index contributed by atoms with van der Waals surface area (Å²) in [5.41, 5.74) is 1.28. The predicted molar refractivity (Wildman–Crippen MR) is 81.3 cm³/mol. The molecule has 2 aliphatic rings. The molecular formula is C15H21ClN2O. The molecule has 19 heavy (non-hydrogen) atoms. The maximum atomic E-state index is 11.1. The van der Waals surface area contributed by atoms with Crippen LogP contribution in [0.15, 0.2) is 29.3 Å². The summed E-state index contributed by atoms with van der Waals surface area (Å²) in [6.45, 7) is 6.09. The van der Waals surface area contributed by atoms with Gasteiger partial charge in [0, 0.05) is 24.3 Å². The van der Waals surface area contributed by atoms with E-state index in [1.807, 2.05) is 18.2 Å². The first kappa shape index (κ1) is 14.4. The van der Waals surface area contributed by atoms with E-state index in [9.17, 15) is 5.11 Å². The SMILES string of the molecule is CC(C)CC1(O)C2=NCCCN2c2ccccc21.Cl. The Morgan fingerprint density at radius 3 is 2.84 bits per heavy atom. The zero-order valence-electron chi connectivity index (χ0n) is 11.5. The lowest BCUT2D eigenvalue weighted by Crippen LogP contribution is -2.44. The summed E-state index contributed by atoms with van der Waals surface area (Å²) < 4.78 is 0. The van der Waals surface area contributed by atoms with E-state index in [4.69, 9.17) is 0 Å². The van der Waals surface area contributed by atoms with Gasteiger partial charge in [0.15, 0.2) is 0 Å². The topological polar surface area (TPSA) is 35.8 Å². The average molecular weight is 281 g/mol. The summed E-state index contributed by atoms with van der Waals surface area (Å²) in [6, 6.07) is 8.17. The molecule has 1 N–H and O–H groups in total. The number of halogens is 1. The summed E-state index contributed by atoms with van der Waals surface area (Å²) in [6.07, 6.45) is 1.80. The van der Waals surface area contributed by atoms with E-state index in [0.717, 1.165) is 43.0 Å². The smallest absolute Gasteiger partial charge is 0.149 e. The second kappa shape index (κ2) is 5.14. The van der Waals surface area contributed by atoms with Gasteiger partial charge in [-0.25, -0.2) is 0 Å². The second-order valence-corrected chi connectivity index (χ2v) is 5.69. The summed E-state index contributed by atoms with van der Waals surface area (Å²) in [5.74, 6) is 1.30. The molecule has 2 aliphatic heterocycles.